The fraction of sp³-hybridized carbons (Fsp3) is 0.154. The Balaban J connectivity index is 1.96. The van der Waals surface area contributed by atoms with Crippen LogP contribution >= 0.6 is 27.3 Å². The van der Waals surface area contributed by atoms with Crippen molar-refractivity contribution in [2.45, 2.75) is 6.61 Å². The van der Waals surface area contributed by atoms with Crippen LogP contribution in [0.15, 0.2) is 40.2 Å². The number of benzene rings is 1. The minimum atomic E-state index is -0.344. The molecule has 1 heterocycles. The molecule has 0 saturated carbocycles. The van der Waals surface area contributed by atoms with E-state index < -0.39 is 0 Å². The Labute approximate surface area is 117 Å². The number of hydrogen-bond acceptors (Lipinski definition) is 4. The van der Waals surface area contributed by atoms with Gasteiger partial charge < -0.3 is 9.47 Å². The maximum Gasteiger partial charge on any atom is 0.337 e. The highest BCUT2D eigenvalue weighted by atomic mass is 79.9. The molecule has 0 radical (unpaired) electrons. The Bertz CT molecular complexity index is 533. The lowest BCUT2D eigenvalue weighted by Gasteiger charge is -2.05. The van der Waals surface area contributed by atoms with E-state index in [1.165, 1.54) is 7.11 Å². The number of halogens is 1. The summed E-state index contributed by atoms with van der Waals surface area (Å²) in [5.74, 6) is 0.385. The molecule has 0 N–H and O–H groups in total. The second-order valence-corrected chi connectivity index (χ2v) is 5.45. The molecule has 0 bridgehead atoms. The van der Waals surface area contributed by atoms with Crippen molar-refractivity contribution in [3.05, 3.63) is 50.6 Å². The number of thiophene rings is 1. The van der Waals surface area contributed by atoms with Crippen molar-refractivity contribution >= 4 is 33.2 Å². The predicted octanol–water partition coefficient (Wildman–Crippen LogP) is 3.88. The maximum absolute atomic E-state index is 11.2. The molecule has 0 aliphatic heterocycles. The molecule has 0 unspecified atom stereocenters. The van der Waals surface area contributed by atoms with Gasteiger partial charge >= 0.3 is 5.97 Å². The van der Waals surface area contributed by atoms with Crippen molar-refractivity contribution in [1.82, 2.24) is 0 Å². The lowest BCUT2D eigenvalue weighted by Crippen LogP contribution is -2.00. The van der Waals surface area contributed by atoms with Crippen molar-refractivity contribution in [2.24, 2.45) is 0 Å². The van der Waals surface area contributed by atoms with Gasteiger partial charge in [0.25, 0.3) is 0 Å². The number of rotatable bonds is 4. The molecule has 1 aromatic carbocycles. The number of methoxy groups -OCH3 is 1. The first-order chi connectivity index (χ1) is 8.69. The van der Waals surface area contributed by atoms with Gasteiger partial charge in [0.15, 0.2) is 0 Å². The van der Waals surface area contributed by atoms with Gasteiger partial charge in [-0.05, 0) is 46.3 Å². The van der Waals surface area contributed by atoms with Gasteiger partial charge in [-0.15, -0.1) is 11.3 Å². The van der Waals surface area contributed by atoms with Crippen LogP contribution in [0.3, 0.4) is 0 Å². The fourth-order valence-electron chi connectivity index (χ4n) is 1.39. The van der Waals surface area contributed by atoms with E-state index in [1.54, 1.807) is 35.6 Å². The standard InChI is InChI=1S/C13H11BrO3S/c1-16-13(15)9-2-4-11(5-3-9)17-7-12-6-10(14)8-18-12/h2-6,8H,7H2,1H3. The number of carbonyl (C=O) groups is 1. The normalized spacial score (nSPS) is 10.1. The average molecular weight is 327 g/mol. The number of esters is 1. The summed E-state index contributed by atoms with van der Waals surface area (Å²) in [5.41, 5.74) is 0.517. The molecule has 0 atom stereocenters. The van der Waals surface area contributed by atoms with Gasteiger partial charge in [0.1, 0.15) is 12.4 Å². The van der Waals surface area contributed by atoms with Gasteiger partial charge in [0.05, 0.1) is 12.7 Å². The fourth-order valence-corrected chi connectivity index (χ4v) is 2.75. The van der Waals surface area contributed by atoms with Crippen molar-refractivity contribution in [2.75, 3.05) is 7.11 Å². The number of hydrogen-bond donors (Lipinski definition) is 0. The lowest BCUT2D eigenvalue weighted by molar-refractivity contribution is 0.0600. The molecular formula is C13H11BrO3S. The third kappa shape index (κ3) is 3.34. The van der Waals surface area contributed by atoms with Crippen molar-refractivity contribution in [3.8, 4) is 5.75 Å². The molecule has 94 valence electrons. The van der Waals surface area contributed by atoms with E-state index >= 15 is 0 Å². The minimum absolute atomic E-state index is 0.344. The average Bonchev–Trinajstić information content (AvgIpc) is 2.82. The zero-order valence-electron chi connectivity index (χ0n) is 9.68. The molecule has 5 heteroatoms. The van der Waals surface area contributed by atoms with Gasteiger partial charge in [-0.1, -0.05) is 0 Å². The summed E-state index contributed by atoms with van der Waals surface area (Å²) in [6, 6.07) is 8.91. The third-order valence-corrected chi connectivity index (χ3v) is 3.95. The van der Waals surface area contributed by atoms with Crippen LogP contribution in [-0.4, -0.2) is 13.1 Å². The largest absolute Gasteiger partial charge is 0.488 e. The van der Waals surface area contributed by atoms with Crippen LogP contribution in [-0.2, 0) is 11.3 Å². The molecule has 18 heavy (non-hydrogen) atoms. The van der Waals surface area contributed by atoms with E-state index in [0.717, 1.165) is 15.1 Å². The molecule has 1 aromatic heterocycles. The molecular weight excluding hydrogens is 316 g/mol. The quantitative estimate of drug-likeness (QED) is 0.800. The van der Waals surface area contributed by atoms with Crippen molar-refractivity contribution < 1.29 is 14.3 Å². The van der Waals surface area contributed by atoms with E-state index in [2.05, 4.69) is 20.7 Å². The summed E-state index contributed by atoms with van der Waals surface area (Å²) >= 11 is 5.03. The zero-order valence-corrected chi connectivity index (χ0v) is 12.1. The molecule has 2 rings (SSSR count). The summed E-state index contributed by atoms with van der Waals surface area (Å²) in [6.45, 7) is 0.522. The lowest BCUT2D eigenvalue weighted by atomic mass is 10.2. The van der Waals surface area contributed by atoms with Gasteiger partial charge in [0.2, 0.25) is 0 Å². The third-order valence-electron chi connectivity index (χ3n) is 2.28. The van der Waals surface area contributed by atoms with Gasteiger partial charge in [-0.2, -0.15) is 0 Å². The SMILES string of the molecule is COC(=O)c1ccc(OCc2cc(Br)cs2)cc1. The van der Waals surface area contributed by atoms with Crippen LogP contribution in [0.5, 0.6) is 5.75 Å². The highest BCUT2D eigenvalue weighted by Crippen LogP contribution is 2.22. The predicted molar refractivity (Wildman–Crippen MR) is 74.1 cm³/mol. The van der Waals surface area contributed by atoms with Crippen molar-refractivity contribution in [1.29, 1.82) is 0 Å². The van der Waals surface area contributed by atoms with Crippen LogP contribution in [0.4, 0.5) is 0 Å². The molecule has 3 nitrogen and oxygen atoms in total. The molecule has 0 amide bonds. The zero-order chi connectivity index (χ0) is 13.0. The van der Waals surface area contributed by atoms with Gasteiger partial charge in [-0.3, -0.25) is 0 Å². The van der Waals surface area contributed by atoms with Crippen LogP contribution in [0.2, 0.25) is 0 Å². The number of ether oxygens (including phenoxy) is 2. The molecule has 2 aromatic rings. The summed E-state index contributed by atoms with van der Waals surface area (Å²) in [4.78, 5) is 12.4. The Morgan fingerprint density at radius 2 is 2.06 bits per heavy atom. The molecule has 0 aliphatic rings. The van der Waals surface area contributed by atoms with Crippen LogP contribution in [0.25, 0.3) is 0 Å². The van der Waals surface area contributed by atoms with Crippen molar-refractivity contribution in [3.63, 3.8) is 0 Å². The highest BCUT2D eigenvalue weighted by molar-refractivity contribution is 9.10. The Morgan fingerprint density at radius 3 is 2.61 bits per heavy atom. The molecule has 0 saturated heterocycles. The summed E-state index contributed by atoms with van der Waals surface area (Å²) in [7, 11) is 1.36. The van der Waals surface area contributed by atoms with E-state index in [4.69, 9.17) is 4.74 Å². The second-order valence-electron chi connectivity index (χ2n) is 3.54. The monoisotopic (exact) mass is 326 g/mol. The number of carbonyl (C=O) groups excluding carboxylic acids is 1. The van der Waals surface area contributed by atoms with E-state index in [0.29, 0.717) is 12.2 Å². The minimum Gasteiger partial charge on any atom is -0.488 e. The summed E-state index contributed by atoms with van der Waals surface area (Å²) in [5, 5.41) is 2.01. The molecule has 0 aliphatic carbocycles. The molecule has 0 fully saturated rings. The highest BCUT2D eigenvalue weighted by Gasteiger charge is 2.05. The molecule has 0 spiro atoms. The Morgan fingerprint density at radius 1 is 1.33 bits per heavy atom. The summed E-state index contributed by atoms with van der Waals surface area (Å²) in [6.07, 6.45) is 0. The van der Waals surface area contributed by atoms with Gasteiger partial charge in [0, 0.05) is 14.7 Å². The first-order valence-corrected chi connectivity index (χ1v) is 6.90. The van der Waals surface area contributed by atoms with Crippen LogP contribution < -0.4 is 4.74 Å². The smallest absolute Gasteiger partial charge is 0.337 e. The topological polar surface area (TPSA) is 35.5 Å². The van der Waals surface area contributed by atoms with Crippen LogP contribution in [0, 0.1) is 0 Å². The Hall–Kier alpha value is -1.33. The van der Waals surface area contributed by atoms with E-state index in [9.17, 15) is 4.79 Å². The maximum atomic E-state index is 11.2. The van der Waals surface area contributed by atoms with Gasteiger partial charge in [-0.25, -0.2) is 4.79 Å². The van der Waals surface area contributed by atoms with E-state index in [-0.39, 0.29) is 5.97 Å². The first-order valence-electron chi connectivity index (χ1n) is 5.23. The van der Waals surface area contributed by atoms with E-state index in [1.807, 2.05) is 11.4 Å². The second kappa shape index (κ2) is 6.02. The first kappa shape index (κ1) is 13.1. The van der Waals surface area contributed by atoms with Crippen LogP contribution in [0.1, 0.15) is 15.2 Å². The Kier molecular flexibility index (Phi) is 4.38. The summed E-state index contributed by atoms with van der Waals surface area (Å²) < 4.78 is 11.3.